The fourth-order valence-corrected chi connectivity index (χ4v) is 3.76. The molecule has 1 heteroatoms. The van der Waals surface area contributed by atoms with E-state index >= 15 is 0 Å². The predicted molar refractivity (Wildman–Crippen MR) is 102 cm³/mol. The SMILES string of the molecule is COc1ccc(-c2ccc3ccc4cccc5ccc2c3c45)cc1. The first kappa shape index (κ1) is 13.4. The Balaban J connectivity index is 1.89. The van der Waals surface area contributed by atoms with E-state index in [1.54, 1.807) is 7.11 Å². The van der Waals surface area contributed by atoms with Gasteiger partial charge in [-0.2, -0.15) is 0 Å². The van der Waals surface area contributed by atoms with Gasteiger partial charge in [-0.05, 0) is 55.6 Å². The first-order chi connectivity index (χ1) is 11.8. The first-order valence-electron chi connectivity index (χ1n) is 8.16. The van der Waals surface area contributed by atoms with Gasteiger partial charge in [-0.3, -0.25) is 0 Å². The van der Waals surface area contributed by atoms with Crippen molar-refractivity contribution < 1.29 is 4.74 Å². The second kappa shape index (κ2) is 4.97. The Labute approximate surface area is 140 Å². The lowest BCUT2D eigenvalue weighted by molar-refractivity contribution is 0.415. The number of methoxy groups -OCH3 is 1. The molecule has 0 unspecified atom stereocenters. The Morgan fingerprint density at radius 3 is 1.92 bits per heavy atom. The van der Waals surface area contributed by atoms with Gasteiger partial charge in [0.1, 0.15) is 5.75 Å². The van der Waals surface area contributed by atoms with Crippen molar-refractivity contribution in [2.24, 2.45) is 0 Å². The molecule has 0 amide bonds. The Morgan fingerprint density at radius 1 is 0.583 bits per heavy atom. The summed E-state index contributed by atoms with van der Waals surface area (Å²) in [6.45, 7) is 0. The molecule has 0 spiro atoms. The predicted octanol–water partition coefficient (Wildman–Crippen LogP) is 6.26. The lowest BCUT2D eigenvalue weighted by Crippen LogP contribution is -1.87. The number of ether oxygens (including phenoxy) is 1. The van der Waals surface area contributed by atoms with Gasteiger partial charge < -0.3 is 4.74 Å². The summed E-state index contributed by atoms with van der Waals surface area (Å²) in [7, 11) is 1.70. The molecule has 0 fully saturated rings. The zero-order valence-corrected chi connectivity index (χ0v) is 13.4. The molecule has 1 nitrogen and oxygen atoms in total. The lowest BCUT2D eigenvalue weighted by atomic mass is 9.90. The van der Waals surface area contributed by atoms with Crippen molar-refractivity contribution >= 4 is 32.3 Å². The summed E-state index contributed by atoms with van der Waals surface area (Å²) >= 11 is 0. The van der Waals surface area contributed by atoms with E-state index in [2.05, 4.69) is 66.7 Å². The Morgan fingerprint density at radius 2 is 1.21 bits per heavy atom. The van der Waals surface area contributed by atoms with Gasteiger partial charge in [-0.15, -0.1) is 0 Å². The van der Waals surface area contributed by atoms with Crippen LogP contribution in [0.3, 0.4) is 0 Å². The fraction of sp³-hybridized carbons (Fsp3) is 0.0435. The van der Waals surface area contributed by atoms with Gasteiger partial charge in [0, 0.05) is 0 Å². The van der Waals surface area contributed by atoms with Crippen LogP contribution in [0.2, 0.25) is 0 Å². The minimum Gasteiger partial charge on any atom is -0.497 e. The topological polar surface area (TPSA) is 9.23 Å². The molecule has 0 aliphatic heterocycles. The Kier molecular flexibility index (Phi) is 2.77. The van der Waals surface area contributed by atoms with Gasteiger partial charge in [0.15, 0.2) is 0 Å². The van der Waals surface area contributed by atoms with E-state index in [1.165, 1.54) is 43.4 Å². The van der Waals surface area contributed by atoms with Crippen LogP contribution in [0.15, 0.2) is 78.9 Å². The van der Waals surface area contributed by atoms with Crippen LogP contribution in [-0.2, 0) is 0 Å². The zero-order chi connectivity index (χ0) is 16.1. The van der Waals surface area contributed by atoms with Gasteiger partial charge in [0.05, 0.1) is 7.11 Å². The van der Waals surface area contributed by atoms with Crippen LogP contribution in [0.1, 0.15) is 0 Å². The number of benzene rings is 5. The molecule has 0 atom stereocenters. The summed E-state index contributed by atoms with van der Waals surface area (Å²) in [6, 6.07) is 28.2. The van der Waals surface area contributed by atoms with Crippen molar-refractivity contribution in [1.82, 2.24) is 0 Å². The van der Waals surface area contributed by atoms with Gasteiger partial charge in [0.25, 0.3) is 0 Å². The third-order valence-corrected chi connectivity index (χ3v) is 4.93. The van der Waals surface area contributed by atoms with Crippen LogP contribution in [0, 0.1) is 0 Å². The van der Waals surface area contributed by atoms with Gasteiger partial charge in [-0.25, -0.2) is 0 Å². The molecule has 0 bridgehead atoms. The summed E-state index contributed by atoms with van der Waals surface area (Å²) in [5.74, 6) is 0.886. The van der Waals surface area contributed by atoms with E-state index in [0.717, 1.165) is 5.75 Å². The fourth-order valence-electron chi connectivity index (χ4n) is 3.76. The van der Waals surface area contributed by atoms with Crippen molar-refractivity contribution in [3.63, 3.8) is 0 Å². The van der Waals surface area contributed by atoms with Crippen molar-refractivity contribution in [3.05, 3.63) is 78.9 Å². The van der Waals surface area contributed by atoms with E-state index in [9.17, 15) is 0 Å². The third kappa shape index (κ3) is 1.82. The average molecular weight is 308 g/mol. The normalized spacial score (nSPS) is 11.5. The largest absolute Gasteiger partial charge is 0.497 e. The highest BCUT2D eigenvalue weighted by atomic mass is 16.5. The van der Waals surface area contributed by atoms with E-state index in [4.69, 9.17) is 4.74 Å². The average Bonchev–Trinajstić information content (AvgIpc) is 2.66. The smallest absolute Gasteiger partial charge is 0.118 e. The standard InChI is InChI=1S/C23H16O/c1-24-19-11-7-15(8-12-19)20-13-9-18-6-5-16-3-2-4-17-10-14-21(20)23(18)22(16)17/h2-14H,1H3. The monoisotopic (exact) mass is 308 g/mol. The maximum absolute atomic E-state index is 5.29. The molecule has 0 aliphatic carbocycles. The molecule has 0 saturated heterocycles. The maximum atomic E-state index is 5.29. The van der Waals surface area contributed by atoms with Crippen LogP contribution in [0.25, 0.3) is 43.4 Å². The zero-order valence-electron chi connectivity index (χ0n) is 13.4. The summed E-state index contributed by atoms with van der Waals surface area (Å²) < 4.78 is 5.29. The van der Waals surface area contributed by atoms with Crippen molar-refractivity contribution in [2.75, 3.05) is 7.11 Å². The third-order valence-electron chi connectivity index (χ3n) is 4.93. The maximum Gasteiger partial charge on any atom is 0.118 e. The van der Waals surface area contributed by atoms with E-state index < -0.39 is 0 Å². The number of rotatable bonds is 2. The minimum atomic E-state index is 0.886. The van der Waals surface area contributed by atoms with E-state index in [1.807, 2.05) is 12.1 Å². The molecule has 0 radical (unpaired) electrons. The summed E-state index contributed by atoms with van der Waals surface area (Å²) in [5.41, 5.74) is 2.48. The summed E-state index contributed by atoms with van der Waals surface area (Å²) in [6.07, 6.45) is 0. The molecule has 5 aromatic rings. The van der Waals surface area contributed by atoms with E-state index in [0.29, 0.717) is 0 Å². The molecule has 0 aromatic heterocycles. The number of hydrogen-bond acceptors (Lipinski definition) is 1. The second-order valence-electron chi connectivity index (χ2n) is 6.20. The van der Waals surface area contributed by atoms with Crippen molar-refractivity contribution in [3.8, 4) is 16.9 Å². The molecule has 5 rings (SSSR count). The highest BCUT2D eigenvalue weighted by molar-refractivity contribution is 6.25. The molecular formula is C23H16O. The molecular weight excluding hydrogens is 292 g/mol. The second-order valence-corrected chi connectivity index (χ2v) is 6.20. The number of hydrogen-bond donors (Lipinski definition) is 0. The van der Waals surface area contributed by atoms with Crippen LogP contribution >= 0.6 is 0 Å². The van der Waals surface area contributed by atoms with Crippen LogP contribution in [0.5, 0.6) is 5.75 Å². The molecule has 0 saturated carbocycles. The highest BCUT2D eigenvalue weighted by Gasteiger charge is 2.11. The lowest BCUT2D eigenvalue weighted by Gasteiger charge is -2.14. The summed E-state index contributed by atoms with van der Waals surface area (Å²) in [4.78, 5) is 0. The van der Waals surface area contributed by atoms with Gasteiger partial charge >= 0.3 is 0 Å². The molecule has 0 aliphatic rings. The van der Waals surface area contributed by atoms with Crippen LogP contribution in [0.4, 0.5) is 0 Å². The van der Waals surface area contributed by atoms with Gasteiger partial charge in [0.2, 0.25) is 0 Å². The van der Waals surface area contributed by atoms with Crippen LogP contribution in [-0.4, -0.2) is 7.11 Å². The molecule has 24 heavy (non-hydrogen) atoms. The molecule has 5 aromatic carbocycles. The molecule has 0 N–H and O–H groups in total. The van der Waals surface area contributed by atoms with Crippen LogP contribution < -0.4 is 4.74 Å². The van der Waals surface area contributed by atoms with Gasteiger partial charge in [-0.1, -0.05) is 66.7 Å². The first-order valence-corrected chi connectivity index (χ1v) is 8.16. The Hall–Kier alpha value is -3.06. The van der Waals surface area contributed by atoms with E-state index in [-0.39, 0.29) is 0 Å². The molecule has 114 valence electrons. The van der Waals surface area contributed by atoms with Crippen molar-refractivity contribution in [1.29, 1.82) is 0 Å². The minimum absolute atomic E-state index is 0.886. The molecule has 0 heterocycles. The highest BCUT2D eigenvalue weighted by Crippen LogP contribution is 2.39. The van der Waals surface area contributed by atoms with Crippen molar-refractivity contribution in [2.45, 2.75) is 0 Å². The Bertz CT molecular complexity index is 1150. The summed E-state index contributed by atoms with van der Waals surface area (Å²) in [5, 5.41) is 7.94. The quantitative estimate of drug-likeness (QED) is 0.350.